The van der Waals surface area contributed by atoms with Crippen LogP contribution in [0.2, 0.25) is 0 Å². The molecule has 1 aliphatic heterocycles. The van der Waals surface area contributed by atoms with E-state index in [1.165, 1.54) is 0 Å². The van der Waals surface area contributed by atoms with Crippen molar-refractivity contribution in [2.24, 2.45) is 22.4 Å². The molecule has 0 saturated heterocycles. The summed E-state index contributed by atoms with van der Waals surface area (Å²) in [6.45, 7) is 0. The van der Waals surface area contributed by atoms with Gasteiger partial charge in [-0.1, -0.05) is 29.4 Å². The zero-order chi connectivity index (χ0) is 17.9. The van der Waals surface area contributed by atoms with Gasteiger partial charge in [0.1, 0.15) is 18.0 Å². The minimum absolute atomic E-state index is 0.0293. The van der Waals surface area contributed by atoms with Crippen LogP contribution in [0.15, 0.2) is 29.4 Å². The van der Waals surface area contributed by atoms with E-state index in [1.54, 1.807) is 24.3 Å². The second-order valence-corrected chi connectivity index (χ2v) is 5.52. The van der Waals surface area contributed by atoms with Crippen molar-refractivity contribution in [2.75, 3.05) is 0 Å². The molecule has 0 amide bonds. The molecule has 9 nitrogen and oxygen atoms in total. The average molecular weight is 333 g/mol. The van der Waals surface area contributed by atoms with Crippen molar-refractivity contribution in [1.29, 1.82) is 5.41 Å². The molecule has 0 aliphatic carbocycles. The molecule has 1 unspecified atom stereocenters. The van der Waals surface area contributed by atoms with Gasteiger partial charge in [-0.05, 0) is 5.56 Å². The number of oxime groups is 1. The summed E-state index contributed by atoms with van der Waals surface area (Å²) in [6, 6.07) is 4.18. The van der Waals surface area contributed by atoms with Crippen LogP contribution in [-0.4, -0.2) is 46.6 Å². The first kappa shape index (κ1) is 17.6. The molecule has 9 heteroatoms. The van der Waals surface area contributed by atoms with Crippen molar-refractivity contribution in [3.63, 3.8) is 0 Å². The molecule has 128 valence electrons. The van der Waals surface area contributed by atoms with Gasteiger partial charge in [-0.2, -0.15) is 0 Å². The molecule has 0 spiro atoms. The van der Waals surface area contributed by atoms with Crippen molar-refractivity contribution in [1.82, 2.24) is 0 Å². The number of benzene rings is 1. The molecule has 0 aromatic heterocycles. The molecule has 3 atom stereocenters. The number of nitrogens with two attached hydrogens (primary N) is 3. The molecule has 1 heterocycles. The van der Waals surface area contributed by atoms with Crippen molar-refractivity contribution in [2.45, 2.75) is 31.0 Å². The minimum atomic E-state index is -1.45. The summed E-state index contributed by atoms with van der Waals surface area (Å²) in [5.41, 5.74) is 18.3. The standard InChI is InChI=1S/C15H19N5O4/c16-12(13(17)15(22)23)11(21)6-9-5-10(20-24-9)7-1-3-8(4-2-7)14(18)19/h1-4,9,12-13H,5-6,16-17H2,(H3,18,19)(H,22,23)/t9-,12?,13-/m1/s1. The number of carboxylic acid groups (broad SMARTS) is 1. The van der Waals surface area contributed by atoms with E-state index in [0.717, 1.165) is 5.56 Å². The number of carboxylic acids is 1. The van der Waals surface area contributed by atoms with Crippen LogP contribution < -0.4 is 17.2 Å². The van der Waals surface area contributed by atoms with E-state index in [9.17, 15) is 9.59 Å². The molecule has 0 radical (unpaired) electrons. The predicted octanol–water partition coefficient (Wildman–Crippen LogP) is -0.838. The Morgan fingerprint density at radius 1 is 1.29 bits per heavy atom. The molecule has 0 bridgehead atoms. The molecule has 24 heavy (non-hydrogen) atoms. The lowest BCUT2D eigenvalue weighted by atomic mass is 9.97. The fourth-order valence-electron chi connectivity index (χ4n) is 2.26. The van der Waals surface area contributed by atoms with Crippen molar-refractivity contribution < 1.29 is 19.5 Å². The number of amidine groups is 1. The fourth-order valence-corrected chi connectivity index (χ4v) is 2.26. The summed E-state index contributed by atoms with van der Waals surface area (Å²) >= 11 is 0. The summed E-state index contributed by atoms with van der Waals surface area (Å²) in [5.74, 6) is -1.85. The third-order valence-electron chi connectivity index (χ3n) is 3.73. The second kappa shape index (κ2) is 7.20. The van der Waals surface area contributed by atoms with Gasteiger partial charge in [0.05, 0.1) is 11.8 Å². The highest BCUT2D eigenvalue weighted by molar-refractivity contribution is 6.03. The highest BCUT2D eigenvalue weighted by Crippen LogP contribution is 2.20. The number of Topliss-reactive ketones (excluding diaryl/α,β-unsaturated/α-hetero) is 1. The van der Waals surface area contributed by atoms with Crippen molar-refractivity contribution in [3.05, 3.63) is 35.4 Å². The largest absolute Gasteiger partial charge is 0.480 e. The van der Waals surface area contributed by atoms with Crippen LogP contribution >= 0.6 is 0 Å². The lowest BCUT2D eigenvalue weighted by Crippen LogP contribution is -2.52. The van der Waals surface area contributed by atoms with Crippen LogP contribution in [0, 0.1) is 5.41 Å². The second-order valence-electron chi connectivity index (χ2n) is 5.52. The Bertz CT molecular complexity index is 686. The number of aliphatic carboxylic acids is 1. The number of hydrogen-bond donors (Lipinski definition) is 5. The molecule has 0 saturated carbocycles. The van der Waals surface area contributed by atoms with E-state index >= 15 is 0 Å². The summed E-state index contributed by atoms with van der Waals surface area (Å²) < 4.78 is 0. The number of ketones is 1. The Morgan fingerprint density at radius 2 is 1.92 bits per heavy atom. The minimum Gasteiger partial charge on any atom is -0.480 e. The lowest BCUT2D eigenvalue weighted by Gasteiger charge is -2.16. The number of nitrogen functional groups attached to an aromatic ring is 1. The highest BCUT2D eigenvalue weighted by Gasteiger charge is 2.31. The van der Waals surface area contributed by atoms with E-state index < -0.39 is 29.9 Å². The third-order valence-corrected chi connectivity index (χ3v) is 3.73. The van der Waals surface area contributed by atoms with Crippen LogP contribution in [0.25, 0.3) is 0 Å². The zero-order valence-corrected chi connectivity index (χ0v) is 12.8. The van der Waals surface area contributed by atoms with Gasteiger partial charge in [0, 0.05) is 18.4 Å². The number of nitrogens with one attached hydrogen (secondary N) is 1. The summed E-state index contributed by atoms with van der Waals surface area (Å²) in [4.78, 5) is 27.9. The van der Waals surface area contributed by atoms with Crippen LogP contribution in [-0.2, 0) is 14.4 Å². The monoisotopic (exact) mass is 333 g/mol. The Balaban J connectivity index is 1.93. The normalized spacial score (nSPS) is 19.1. The maximum Gasteiger partial charge on any atom is 0.322 e. The van der Waals surface area contributed by atoms with Crippen LogP contribution in [0.1, 0.15) is 24.0 Å². The van der Waals surface area contributed by atoms with Crippen molar-refractivity contribution in [3.8, 4) is 0 Å². The first-order valence-corrected chi connectivity index (χ1v) is 7.23. The number of carbonyl (C=O) groups is 2. The molecular weight excluding hydrogens is 314 g/mol. The lowest BCUT2D eigenvalue weighted by molar-refractivity contribution is -0.141. The number of carbonyl (C=O) groups excluding carboxylic acids is 1. The van der Waals surface area contributed by atoms with Gasteiger partial charge < -0.3 is 27.1 Å². The number of rotatable bonds is 7. The van der Waals surface area contributed by atoms with E-state index in [4.69, 9.17) is 32.6 Å². The van der Waals surface area contributed by atoms with Crippen LogP contribution in [0.4, 0.5) is 0 Å². The molecular formula is C15H19N5O4. The smallest absolute Gasteiger partial charge is 0.322 e. The van der Waals surface area contributed by atoms with Gasteiger partial charge in [-0.3, -0.25) is 15.0 Å². The van der Waals surface area contributed by atoms with Crippen molar-refractivity contribution >= 4 is 23.3 Å². The zero-order valence-electron chi connectivity index (χ0n) is 12.8. The molecule has 8 N–H and O–H groups in total. The Labute approximate surface area is 137 Å². The molecule has 1 aromatic rings. The maximum absolute atomic E-state index is 12.0. The topological polar surface area (TPSA) is 178 Å². The Kier molecular flexibility index (Phi) is 5.27. The van der Waals surface area contributed by atoms with Crippen LogP contribution in [0.5, 0.6) is 0 Å². The fraction of sp³-hybridized carbons (Fsp3) is 0.333. The third kappa shape index (κ3) is 3.94. The molecule has 1 aromatic carbocycles. The maximum atomic E-state index is 12.0. The van der Waals surface area contributed by atoms with E-state index in [-0.39, 0.29) is 12.3 Å². The van der Waals surface area contributed by atoms with Crippen LogP contribution in [0.3, 0.4) is 0 Å². The quantitative estimate of drug-likeness (QED) is 0.319. The van der Waals surface area contributed by atoms with Gasteiger partial charge in [-0.15, -0.1) is 0 Å². The first-order chi connectivity index (χ1) is 11.3. The number of nitrogens with zero attached hydrogens (tertiary/aromatic N) is 1. The summed E-state index contributed by atoms with van der Waals surface area (Å²) in [6.07, 6.45) is -0.187. The van der Waals surface area contributed by atoms with Gasteiger partial charge in [0.2, 0.25) is 0 Å². The summed E-state index contributed by atoms with van der Waals surface area (Å²) in [5, 5.41) is 20.1. The van der Waals surface area contributed by atoms with Gasteiger partial charge >= 0.3 is 5.97 Å². The number of hydrogen-bond acceptors (Lipinski definition) is 7. The van der Waals surface area contributed by atoms with Gasteiger partial charge in [0.25, 0.3) is 0 Å². The SMILES string of the molecule is N=C(N)c1ccc(C2=NO[C@@H](CC(=O)C(N)[C@@H](N)C(=O)O)C2)cc1. The highest BCUT2D eigenvalue weighted by atomic mass is 16.6. The first-order valence-electron chi connectivity index (χ1n) is 7.23. The molecule has 2 rings (SSSR count). The van der Waals surface area contributed by atoms with E-state index in [1.807, 2.05) is 0 Å². The summed E-state index contributed by atoms with van der Waals surface area (Å²) in [7, 11) is 0. The van der Waals surface area contributed by atoms with E-state index in [2.05, 4.69) is 5.16 Å². The average Bonchev–Trinajstić information content (AvgIpc) is 3.01. The van der Waals surface area contributed by atoms with Gasteiger partial charge in [-0.25, -0.2) is 0 Å². The Hall–Kier alpha value is -2.78. The molecule has 0 fully saturated rings. The van der Waals surface area contributed by atoms with Gasteiger partial charge in [0.15, 0.2) is 5.78 Å². The predicted molar refractivity (Wildman–Crippen MR) is 86.7 cm³/mol. The van der Waals surface area contributed by atoms with E-state index in [0.29, 0.717) is 17.7 Å². The molecule has 1 aliphatic rings. The Morgan fingerprint density at radius 3 is 2.46 bits per heavy atom.